The van der Waals surface area contributed by atoms with E-state index in [1.54, 1.807) is 14.2 Å². The fourth-order valence-corrected chi connectivity index (χ4v) is 3.11. The standard InChI is InChI=1S/C16H25NO2/c1-18-12-15-8-16(13-19-2)11-17(10-15)9-14-6-4-3-5-7-14/h3-7,15-16H,8-13H2,1-2H3. The molecule has 106 valence electrons. The lowest BCUT2D eigenvalue weighted by atomic mass is 9.90. The zero-order valence-corrected chi connectivity index (χ0v) is 12.0. The average Bonchev–Trinajstić information content (AvgIpc) is 2.40. The summed E-state index contributed by atoms with van der Waals surface area (Å²) in [5.74, 6) is 1.25. The molecule has 1 saturated heterocycles. The van der Waals surface area contributed by atoms with Crippen LogP contribution in [0.3, 0.4) is 0 Å². The number of rotatable bonds is 6. The Morgan fingerprint density at radius 2 is 1.58 bits per heavy atom. The Hall–Kier alpha value is -0.900. The molecule has 19 heavy (non-hydrogen) atoms. The van der Waals surface area contributed by atoms with Crippen molar-refractivity contribution in [1.29, 1.82) is 0 Å². The molecule has 1 heterocycles. The van der Waals surface area contributed by atoms with Crippen molar-refractivity contribution >= 4 is 0 Å². The molecule has 0 saturated carbocycles. The van der Waals surface area contributed by atoms with Gasteiger partial charge < -0.3 is 9.47 Å². The van der Waals surface area contributed by atoms with Gasteiger partial charge in [-0.25, -0.2) is 0 Å². The third-order valence-electron chi connectivity index (χ3n) is 3.75. The number of likely N-dealkylation sites (tertiary alicyclic amines) is 1. The molecule has 1 fully saturated rings. The number of hydrogen-bond donors (Lipinski definition) is 0. The van der Waals surface area contributed by atoms with Gasteiger partial charge in [0.1, 0.15) is 0 Å². The fraction of sp³-hybridized carbons (Fsp3) is 0.625. The minimum atomic E-state index is 0.627. The van der Waals surface area contributed by atoms with E-state index in [1.807, 2.05) is 0 Å². The summed E-state index contributed by atoms with van der Waals surface area (Å²) in [5, 5.41) is 0. The first-order chi connectivity index (χ1) is 9.31. The van der Waals surface area contributed by atoms with Crippen molar-refractivity contribution in [3.63, 3.8) is 0 Å². The van der Waals surface area contributed by atoms with Crippen LogP contribution in [0.4, 0.5) is 0 Å². The van der Waals surface area contributed by atoms with E-state index in [2.05, 4.69) is 35.2 Å². The second-order valence-corrected chi connectivity index (χ2v) is 5.56. The maximum atomic E-state index is 5.34. The van der Waals surface area contributed by atoms with Gasteiger partial charge in [0.15, 0.2) is 0 Å². The topological polar surface area (TPSA) is 21.7 Å². The van der Waals surface area contributed by atoms with Gasteiger partial charge in [0, 0.05) is 33.9 Å². The van der Waals surface area contributed by atoms with Crippen LogP contribution >= 0.6 is 0 Å². The molecule has 0 radical (unpaired) electrons. The van der Waals surface area contributed by atoms with Gasteiger partial charge in [0.2, 0.25) is 0 Å². The van der Waals surface area contributed by atoms with Gasteiger partial charge in [0.25, 0.3) is 0 Å². The normalized spacial score (nSPS) is 24.5. The van der Waals surface area contributed by atoms with Crippen LogP contribution in [-0.4, -0.2) is 45.4 Å². The Labute approximate surface area is 116 Å². The molecule has 1 aliphatic heterocycles. The van der Waals surface area contributed by atoms with Gasteiger partial charge in [-0.05, 0) is 23.8 Å². The Bertz CT molecular complexity index is 341. The Morgan fingerprint density at radius 1 is 1.00 bits per heavy atom. The van der Waals surface area contributed by atoms with Crippen molar-refractivity contribution in [2.75, 3.05) is 40.5 Å². The molecule has 0 aliphatic carbocycles. The Morgan fingerprint density at radius 3 is 2.11 bits per heavy atom. The molecular weight excluding hydrogens is 238 g/mol. The number of ether oxygens (including phenoxy) is 2. The average molecular weight is 263 g/mol. The minimum Gasteiger partial charge on any atom is -0.384 e. The van der Waals surface area contributed by atoms with E-state index in [0.717, 1.165) is 32.8 Å². The minimum absolute atomic E-state index is 0.627. The number of piperidine rings is 1. The predicted molar refractivity (Wildman–Crippen MR) is 77.1 cm³/mol. The van der Waals surface area contributed by atoms with Gasteiger partial charge in [-0.1, -0.05) is 30.3 Å². The molecule has 2 rings (SSSR count). The van der Waals surface area contributed by atoms with Crippen molar-refractivity contribution in [2.45, 2.75) is 13.0 Å². The third kappa shape index (κ3) is 4.60. The Kier molecular flexibility index (Phi) is 5.83. The molecule has 3 heteroatoms. The highest BCUT2D eigenvalue weighted by Crippen LogP contribution is 2.23. The van der Waals surface area contributed by atoms with E-state index in [0.29, 0.717) is 11.8 Å². The van der Waals surface area contributed by atoms with E-state index < -0.39 is 0 Å². The van der Waals surface area contributed by atoms with E-state index >= 15 is 0 Å². The van der Waals surface area contributed by atoms with Gasteiger partial charge in [0.05, 0.1) is 13.2 Å². The van der Waals surface area contributed by atoms with Crippen LogP contribution in [0.15, 0.2) is 30.3 Å². The molecule has 1 aromatic rings. The van der Waals surface area contributed by atoms with Crippen LogP contribution in [0.25, 0.3) is 0 Å². The van der Waals surface area contributed by atoms with Gasteiger partial charge >= 0.3 is 0 Å². The number of benzene rings is 1. The van der Waals surface area contributed by atoms with Crippen molar-refractivity contribution in [1.82, 2.24) is 4.90 Å². The molecule has 2 unspecified atom stereocenters. The SMILES string of the molecule is COCC1CC(COC)CN(Cc2ccccc2)C1. The molecule has 0 amide bonds. The van der Waals surface area contributed by atoms with Crippen molar-refractivity contribution in [3.8, 4) is 0 Å². The molecule has 0 spiro atoms. The lowest BCUT2D eigenvalue weighted by molar-refractivity contribution is 0.0297. The number of hydrogen-bond acceptors (Lipinski definition) is 3. The van der Waals surface area contributed by atoms with Crippen LogP contribution in [0.1, 0.15) is 12.0 Å². The van der Waals surface area contributed by atoms with Gasteiger partial charge in [-0.15, -0.1) is 0 Å². The highest BCUT2D eigenvalue weighted by atomic mass is 16.5. The smallest absolute Gasteiger partial charge is 0.0502 e. The summed E-state index contributed by atoms with van der Waals surface area (Å²) in [4.78, 5) is 2.53. The number of methoxy groups -OCH3 is 2. The van der Waals surface area contributed by atoms with Crippen molar-refractivity contribution < 1.29 is 9.47 Å². The monoisotopic (exact) mass is 263 g/mol. The lowest BCUT2D eigenvalue weighted by Gasteiger charge is -2.37. The highest BCUT2D eigenvalue weighted by molar-refractivity contribution is 5.14. The zero-order chi connectivity index (χ0) is 13.5. The van der Waals surface area contributed by atoms with Crippen molar-refractivity contribution in [2.24, 2.45) is 11.8 Å². The first kappa shape index (κ1) is 14.5. The summed E-state index contributed by atoms with van der Waals surface area (Å²) >= 11 is 0. The van der Waals surface area contributed by atoms with Crippen LogP contribution in [0, 0.1) is 11.8 Å². The second-order valence-electron chi connectivity index (χ2n) is 5.56. The van der Waals surface area contributed by atoms with E-state index in [1.165, 1.54) is 12.0 Å². The van der Waals surface area contributed by atoms with Crippen LogP contribution < -0.4 is 0 Å². The molecular formula is C16H25NO2. The highest BCUT2D eigenvalue weighted by Gasteiger charge is 2.27. The molecule has 0 aromatic heterocycles. The first-order valence-electron chi connectivity index (χ1n) is 7.06. The summed E-state index contributed by atoms with van der Waals surface area (Å²) in [7, 11) is 3.59. The van der Waals surface area contributed by atoms with E-state index in [-0.39, 0.29) is 0 Å². The summed E-state index contributed by atoms with van der Waals surface area (Å²) in [5.41, 5.74) is 1.39. The zero-order valence-electron chi connectivity index (χ0n) is 12.0. The largest absolute Gasteiger partial charge is 0.384 e. The van der Waals surface area contributed by atoms with Crippen LogP contribution in [0.2, 0.25) is 0 Å². The molecule has 0 N–H and O–H groups in total. The third-order valence-corrected chi connectivity index (χ3v) is 3.75. The number of nitrogens with zero attached hydrogens (tertiary/aromatic N) is 1. The molecule has 1 aromatic carbocycles. The molecule has 2 atom stereocenters. The maximum absolute atomic E-state index is 5.34. The lowest BCUT2D eigenvalue weighted by Crippen LogP contribution is -2.42. The van der Waals surface area contributed by atoms with Crippen LogP contribution in [0.5, 0.6) is 0 Å². The molecule has 0 bridgehead atoms. The second kappa shape index (κ2) is 7.63. The van der Waals surface area contributed by atoms with Gasteiger partial charge in [-0.3, -0.25) is 4.90 Å². The first-order valence-corrected chi connectivity index (χ1v) is 7.06. The summed E-state index contributed by atoms with van der Waals surface area (Å²) in [6, 6.07) is 10.7. The summed E-state index contributed by atoms with van der Waals surface area (Å²) in [6.07, 6.45) is 1.22. The molecule has 1 aliphatic rings. The fourth-order valence-electron chi connectivity index (χ4n) is 3.11. The van der Waals surface area contributed by atoms with Crippen LogP contribution in [-0.2, 0) is 16.0 Å². The van der Waals surface area contributed by atoms with Gasteiger partial charge in [-0.2, -0.15) is 0 Å². The van der Waals surface area contributed by atoms with Crippen molar-refractivity contribution in [3.05, 3.63) is 35.9 Å². The Balaban J connectivity index is 1.94. The quantitative estimate of drug-likeness (QED) is 0.787. The maximum Gasteiger partial charge on any atom is 0.0502 e. The van der Waals surface area contributed by atoms with E-state index in [9.17, 15) is 0 Å². The summed E-state index contributed by atoms with van der Waals surface area (Å²) in [6.45, 7) is 4.99. The van der Waals surface area contributed by atoms with E-state index in [4.69, 9.17) is 9.47 Å². The summed E-state index contributed by atoms with van der Waals surface area (Å²) < 4.78 is 10.7. The molecule has 3 nitrogen and oxygen atoms in total. The predicted octanol–water partition coefficient (Wildman–Crippen LogP) is 2.42.